The smallest absolute Gasteiger partial charge is 0.378 e. The van der Waals surface area contributed by atoms with E-state index in [-0.39, 0.29) is 137 Å². The molecule has 9 aromatic rings. The van der Waals surface area contributed by atoms with Gasteiger partial charge < -0.3 is 52.1 Å². The van der Waals surface area contributed by atoms with E-state index in [4.69, 9.17) is 31.9 Å². The molecule has 0 amide bonds. The van der Waals surface area contributed by atoms with Gasteiger partial charge in [-0.1, -0.05) is 91.5 Å². The molecule has 0 unspecified atom stereocenters. The van der Waals surface area contributed by atoms with Crippen LogP contribution >= 0.6 is 47.8 Å². The van der Waals surface area contributed by atoms with Crippen LogP contribution in [-0.2, 0) is 79.7 Å². The number of carboxylic acid groups (broad SMARTS) is 4. The number of fused-ring (bicyclic) bond motifs is 4. The number of aromatic carboxylic acids is 4. The largest absolute Gasteiger partial charge is 0.477 e. The van der Waals surface area contributed by atoms with Crippen molar-refractivity contribution < 1.29 is 125 Å². The molecule has 4 aromatic heterocycles. The Kier molecular flexibility index (Phi) is 42.6. The summed E-state index contributed by atoms with van der Waals surface area (Å²) < 4.78 is 7.03. The molecule has 2 radical (unpaired) electrons. The number of nitrogens with zero attached hydrogens (tertiary/aromatic N) is 8. The van der Waals surface area contributed by atoms with Crippen LogP contribution in [0.5, 0.6) is 0 Å². The normalized spacial score (nSPS) is 8.90. The molecular weight excluding hydrogens is 1390 g/mol. The average molecular weight is 1440 g/mol. The predicted molar refractivity (Wildman–Crippen MR) is 311 cm³/mol. The van der Waals surface area contributed by atoms with Crippen molar-refractivity contribution in [3.63, 3.8) is 0 Å². The fraction of sp³-hybridized carbons (Fsp3) is 0.132. The van der Waals surface area contributed by atoms with Gasteiger partial charge in [0.25, 0.3) is 5.78 Å². The molecule has 420 valence electrons. The minimum atomic E-state index is -1.07. The molecular formula is C53H57Br3N10O12Y2-2. The Morgan fingerprint density at radius 2 is 0.863 bits per heavy atom. The third kappa shape index (κ3) is 26.6. The maximum atomic E-state index is 10.6. The van der Waals surface area contributed by atoms with Crippen LogP contribution in [0.2, 0.25) is 0 Å². The number of nitrogen functional groups attached to an aromatic ring is 2. The summed E-state index contributed by atoms with van der Waals surface area (Å²) in [7, 11) is 0. The number of halogens is 3. The first-order valence-electron chi connectivity index (χ1n) is 20.0. The molecule has 4 heterocycles. The zero-order valence-corrected chi connectivity index (χ0v) is 49.1. The minimum Gasteiger partial charge on any atom is -0.477 e. The Hall–Kier alpha value is -6.57. The third-order valence-corrected chi connectivity index (χ3v) is 9.85. The van der Waals surface area contributed by atoms with Crippen molar-refractivity contribution in [3.8, 4) is 0 Å². The van der Waals surface area contributed by atoms with Gasteiger partial charge in [0.05, 0.1) is 58.6 Å². The van der Waals surface area contributed by atoms with Gasteiger partial charge in [-0.2, -0.15) is 24.3 Å². The summed E-state index contributed by atoms with van der Waals surface area (Å²) in [6, 6.07) is 31.7. The van der Waals surface area contributed by atoms with Crippen molar-refractivity contribution in [1.82, 2.24) is 39.9 Å². The number of aromatic nitrogens is 8. The number of nitrogens with two attached hydrogens (primary N) is 2. The van der Waals surface area contributed by atoms with Crippen molar-refractivity contribution in [3.05, 3.63) is 177 Å². The van der Waals surface area contributed by atoms with E-state index >= 15 is 0 Å². The van der Waals surface area contributed by atoms with E-state index in [1.807, 2.05) is 12.1 Å². The number of anilines is 2. The number of rotatable bonds is 7. The second-order valence-corrected chi connectivity index (χ2v) is 16.1. The van der Waals surface area contributed by atoms with Crippen molar-refractivity contribution in [1.29, 1.82) is 0 Å². The molecule has 0 aliphatic rings. The van der Waals surface area contributed by atoms with Crippen LogP contribution in [0.3, 0.4) is 0 Å². The van der Waals surface area contributed by atoms with E-state index in [0.717, 1.165) is 19.5 Å². The molecule has 0 fully saturated rings. The maximum Gasteiger partial charge on any atom is 0.378 e. The Bertz CT molecular complexity index is 3390. The van der Waals surface area contributed by atoms with Crippen LogP contribution in [0.15, 0.2) is 142 Å². The quantitative estimate of drug-likeness (QED) is 0.0284. The number of carbonyl (C=O) groups excluding carboxylic acids is 2. The van der Waals surface area contributed by atoms with Crippen LogP contribution in [0.1, 0.15) is 86.0 Å². The number of ketones is 1. The zero-order chi connectivity index (χ0) is 52.9. The summed E-state index contributed by atoms with van der Waals surface area (Å²) in [6.07, 6.45) is 5.90. The van der Waals surface area contributed by atoms with Gasteiger partial charge in [-0.15, -0.1) is 24.3 Å². The number of ether oxygens (including phenoxy) is 1. The molecule has 22 nitrogen and oxygen atoms in total. The molecule has 9 rings (SSSR count). The standard InChI is InChI=1S/2C9H5BrN2O2.2C9H5N2O2.C6H7BrN2.C6H8O3.5CH4.H2O.2Y/c10-5-1-2-6-7(3-5)11-4-8(12-6)9(13)14;10-5-1-2-6-7(3-5)12-8(4-11-6)9(13)14;2*12-9(13)8-5-10-6-3-1-2-4-7(6)11-8;7-4-1-2-5(8)6(9)3-4;1-3-5(7)6(8)9-4-2;;;;;;;;/h2*1-4H,(H,13,14);2-5H,(H,12,13);1,3-5H,(H,12,13);1-3H,8-9H2;3H,1,4H2,2H3;5*1H4;1H2;;/q;;2*-1;;;;;;;;;;. The summed E-state index contributed by atoms with van der Waals surface area (Å²) in [4.78, 5) is 94.4. The van der Waals surface area contributed by atoms with E-state index in [2.05, 4.69) is 111 Å². The Morgan fingerprint density at radius 1 is 0.512 bits per heavy atom. The van der Waals surface area contributed by atoms with Crippen LogP contribution in [0, 0.1) is 12.1 Å². The molecule has 0 saturated carbocycles. The SMILES string of the molecule is C.C.C.C.C.C=CC(=O)C(=O)OCC.Nc1ccc(Br)cc1N.O.O=C(O)c1cnc2c[c-]ccc2n1.O=C(O)c1cnc2cc(Br)ccc2n1.O=C(O)c1cnc2cc[c-]cc2n1.O=C(O)c1cnc2ccc(Br)cc2n1.[Y].[Y]. The van der Waals surface area contributed by atoms with Gasteiger partial charge in [0.15, 0.2) is 22.8 Å². The fourth-order valence-electron chi connectivity index (χ4n) is 5.01. The first kappa shape index (κ1) is 82.3. The summed E-state index contributed by atoms with van der Waals surface area (Å²) in [6.45, 7) is 4.97. The zero-order valence-electron chi connectivity index (χ0n) is 38.6. The van der Waals surface area contributed by atoms with Crippen LogP contribution in [0.4, 0.5) is 11.4 Å². The van der Waals surface area contributed by atoms with Gasteiger partial charge in [-0.25, -0.2) is 33.9 Å². The van der Waals surface area contributed by atoms with Gasteiger partial charge in [0.2, 0.25) is 0 Å². The van der Waals surface area contributed by atoms with Gasteiger partial charge >= 0.3 is 29.8 Å². The first-order chi connectivity index (χ1) is 34.3. The monoisotopic (exact) mass is 1440 g/mol. The number of carbonyl (C=O) groups is 6. The summed E-state index contributed by atoms with van der Waals surface area (Å²) >= 11 is 9.84. The predicted octanol–water partition coefficient (Wildman–Crippen LogP) is 10.7. The second kappa shape index (κ2) is 41.4. The number of carboxylic acids is 4. The molecule has 5 aromatic carbocycles. The molecule has 0 atom stereocenters. The van der Waals surface area contributed by atoms with E-state index in [1.165, 1.54) is 24.8 Å². The topological polar surface area (TPSA) is 379 Å². The van der Waals surface area contributed by atoms with E-state index < -0.39 is 35.6 Å². The summed E-state index contributed by atoms with van der Waals surface area (Å²) in [5, 5.41) is 34.7. The minimum absolute atomic E-state index is 0. The van der Waals surface area contributed by atoms with Crippen LogP contribution < -0.4 is 11.5 Å². The van der Waals surface area contributed by atoms with E-state index in [9.17, 15) is 28.8 Å². The van der Waals surface area contributed by atoms with E-state index in [1.54, 1.807) is 85.8 Å². The number of benzene rings is 5. The Balaban J connectivity index is -0.000000278. The van der Waals surface area contributed by atoms with Gasteiger partial charge in [0.1, 0.15) is 0 Å². The first-order valence-corrected chi connectivity index (χ1v) is 22.4. The molecule has 27 heteroatoms. The van der Waals surface area contributed by atoms with Gasteiger partial charge in [-0.05, 0) is 89.7 Å². The Morgan fingerprint density at radius 3 is 1.30 bits per heavy atom. The number of hydrogen-bond acceptors (Lipinski definition) is 17. The van der Waals surface area contributed by atoms with E-state index in [0.29, 0.717) is 55.5 Å². The molecule has 0 aliphatic carbocycles. The molecule has 10 N–H and O–H groups in total. The molecule has 80 heavy (non-hydrogen) atoms. The van der Waals surface area contributed by atoms with Crippen molar-refractivity contribution in [2.45, 2.75) is 44.1 Å². The van der Waals surface area contributed by atoms with Crippen molar-refractivity contribution in [2.75, 3.05) is 18.1 Å². The second-order valence-electron chi connectivity index (χ2n) is 13.4. The third-order valence-electron chi connectivity index (χ3n) is 8.37. The molecule has 0 saturated heterocycles. The van der Waals surface area contributed by atoms with Crippen molar-refractivity contribution >= 4 is 139 Å². The molecule has 0 bridgehead atoms. The number of esters is 1. The maximum absolute atomic E-state index is 10.6. The molecule has 0 spiro atoms. The fourth-order valence-corrected chi connectivity index (χ4v) is 6.09. The van der Waals surface area contributed by atoms with Gasteiger partial charge in [-0.3, -0.25) is 24.7 Å². The number of hydrogen-bond donors (Lipinski definition) is 6. The van der Waals surface area contributed by atoms with Crippen LogP contribution in [-0.4, -0.2) is 108 Å². The van der Waals surface area contributed by atoms with Crippen molar-refractivity contribution in [2.24, 2.45) is 0 Å². The summed E-state index contributed by atoms with van der Waals surface area (Å²) in [5.41, 5.74) is 16.9. The average Bonchev–Trinajstić information content (AvgIpc) is 3.37. The Labute approximate surface area is 537 Å². The molecule has 0 aliphatic heterocycles. The van der Waals surface area contributed by atoms with Crippen LogP contribution in [0.25, 0.3) is 44.1 Å². The van der Waals surface area contributed by atoms with Gasteiger partial charge in [0, 0.05) is 85.0 Å². The summed E-state index contributed by atoms with van der Waals surface area (Å²) in [5.74, 6) is -5.81.